The first kappa shape index (κ1) is 23.1. The minimum Gasteiger partial charge on any atom is -0.379 e. The Labute approximate surface area is 185 Å². The molecule has 31 heavy (non-hydrogen) atoms. The number of carbonyl (C=O) groups is 1. The van der Waals surface area contributed by atoms with Crippen molar-refractivity contribution in [3.05, 3.63) is 49.6 Å². The summed E-state index contributed by atoms with van der Waals surface area (Å²) in [6.07, 6.45) is 5.86. The van der Waals surface area contributed by atoms with Gasteiger partial charge in [-0.15, -0.1) is 11.3 Å². The van der Waals surface area contributed by atoms with E-state index in [-0.39, 0.29) is 16.9 Å². The smallest absolute Gasteiger partial charge is 0.269 e. The third-order valence-electron chi connectivity index (χ3n) is 5.11. The molecular formula is C23H28N4O3S. The number of nitrogens with zero attached hydrogens (tertiary/aromatic N) is 4. The van der Waals surface area contributed by atoms with Crippen LogP contribution in [0.15, 0.2) is 29.3 Å². The van der Waals surface area contributed by atoms with E-state index in [9.17, 15) is 14.9 Å². The fraction of sp³-hybridized carbons (Fsp3) is 0.478. The maximum Gasteiger partial charge on any atom is 0.269 e. The summed E-state index contributed by atoms with van der Waals surface area (Å²) in [4.78, 5) is 32.5. The van der Waals surface area contributed by atoms with Crippen LogP contribution in [0.2, 0.25) is 0 Å². The lowest BCUT2D eigenvalue weighted by molar-refractivity contribution is -0.120. The maximum absolute atomic E-state index is 13.2. The molecule has 7 nitrogen and oxygen atoms in total. The number of Topliss-reactive ketones (excluding diaryl/α,β-unsaturated/α-hetero) is 1. The number of pyridine rings is 1. The first-order valence-corrected chi connectivity index (χ1v) is 11.2. The van der Waals surface area contributed by atoms with Crippen LogP contribution in [0.4, 0.5) is 0 Å². The Morgan fingerprint density at radius 3 is 2.55 bits per heavy atom. The number of aromatic nitrogens is 2. The second-order valence-electron chi connectivity index (χ2n) is 8.53. The van der Waals surface area contributed by atoms with Gasteiger partial charge in [0.1, 0.15) is 16.3 Å². The molecule has 0 bridgehead atoms. The zero-order valence-corrected chi connectivity index (χ0v) is 19.1. The monoisotopic (exact) mass is 440 g/mol. The molecule has 2 aromatic rings. The van der Waals surface area contributed by atoms with Gasteiger partial charge in [0, 0.05) is 44.0 Å². The Bertz CT molecular complexity index is 1130. The number of hydrogen-bond acceptors (Lipinski definition) is 7. The molecule has 1 aliphatic rings. The van der Waals surface area contributed by atoms with Gasteiger partial charge >= 0.3 is 0 Å². The van der Waals surface area contributed by atoms with Crippen LogP contribution in [0.3, 0.4) is 0 Å². The largest absolute Gasteiger partial charge is 0.379 e. The standard InChI is InChI=1S/C23H28N4O3S/c1-23(2,3)20(28)18(16-24)22-27(10-4-9-26-11-13-30-14-12-26)21(29)19(31-22)15-17-5-7-25-8-6-17/h5-8,15H,4,9-14H2,1-3H3/b19-15+,22-18-. The summed E-state index contributed by atoms with van der Waals surface area (Å²) in [6, 6.07) is 5.71. The van der Waals surface area contributed by atoms with E-state index in [1.54, 1.807) is 43.8 Å². The van der Waals surface area contributed by atoms with Gasteiger partial charge in [-0.25, -0.2) is 0 Å². The third-order valence-corrected chi connectivity index (χ3v) is 6.24. The fourth-order valence-electron chi connectivity index (χ4n) is 3.37. The van der Waals surface area contributed by atoms with E-state index < -0.39 is 5.41 Å². The maximum atomic E-state index is 13.2. The Morgan fingerprint density at radius 1 is 1.26 bits per heavy atom. The van der Waals surface area contributed by atoms with Gasteiger partial charge in [0.2, 0.25) is 0 Å². The lowest BCUT2D eigenvalue weighted by Gasteiger charge is -2.26. The lowest BCUT2D eigenvalue weighted by atomic mass is 9.87. The van der Waals surface area contributed by atoms with Crippen molar-refractivity contribution in [1.29, 1.82) is 5.26 Å². The first-order chi connectivity index (χ1) is 14.8. The van der Waals surface area contributed by atoms with E-state index >= 15 is 0 Å². The van der Waals surface area contributed by atoms with E-state index in [4.69, 9.17) is 4.74 Å². The van der Waals surface area contributed by atoms with Gasteiger partial charge < -0.3 is 4.74 Å². The summed E-state index contributed by atoms with van der Waals surface area (Å²) >= 11 is 1.20. The molecule has 0 N–H and O–H groups in total. The van der Waals surface area contributed by atoms with Gasteiger partial charge in [0.05, 0.1) is 17.7 Å². The van der Waals surface area contributed by atoms with Gasteiger partial charge in [0.15, 0.2) is 5.78 Å². The van der Waals surface area contributed by atoms with Crippen molar-refractivity contribution in [1.82, 2.24) is 14.5 Å². The molecule has 1 aliphatic heterocycles. The molecule has 164 valence electrons. The van der Waals surface area contributed by atoms with E-state index in [1.165, 1.54) is 11.3 Å². The molecule has 8 heteroatoms. The summed E-state index contributed by atoms with van der Waals surface area (Å²) in [7, 11) is 0. The molecule has 0 radical (unpaired) electrons. The van der Waals surface area contributed by atoms with Gasteiger partial charge in [0.25, 0.3) is 5.56 Å². The van der Waals surface area contributed by atoms with E-state index in [2.05, 4.69) is 16.0 Å². The lowest BCUT2D eigenvalue weighted by Crippen LogP contribution is -2.39. The molecule has 2 aromatic heterocycles. The Morgan fingerprint density at radius 2 is 1.94 bits per heavy atom. The van der Waals surface area contributed by atoms with Crippen molar-refractivity contribution in [3.63, 3.8) is 0 Å². The molecule has 0 saturated carbocycles. The van der Waals surface area contributed by atoms with Crippen molar-refractivity contribution in [2.45, 2.75) is 33.7 Å². The Hall–Kier alpha value is -2.60. The topological polar surface area (TPSA) is 88.2 Å². The molecule has 0 aromatic carbocycles. The fourth-order valence-corrected chi connectivity index (χ4v) is 4.49. The quantitative estimate of drug-likeness (QED) is 0.670. The number of carbonyl (C=O) groups excluding carboxylic acids is 1. The van der Waals surface area contributed by atoms with Gasteiger partial charge in [-0.2, -0.15) is 5.26 Å². The molecule has 3 heterocycles. The van der Waals surface area contributed by atoms with Gasteiger partial charge in [-0.3, -0.25) is 24.0 Å². The van der Waals surface area contributed by atoms with Crippen LogP contribution in [0, 0.1) is 16.7 Å². The number of thiazole rings is 1. The highest BCUT2D eigenvalue weighted by Gasteiger charge is 2.27. The van der Waals surface area contributed by atoms with Crippen LogP contribution in [-0.4, -0.2) is 53.1 Å². The molecule has 0 atom stereocenters. The highest BCUT2D eigenvalue weighted by molar-refractivity contribution is 7.07. The highest BCUT2D eigenvalue weighted by Crippen LogP contribution is 2.19. The number of ether oxygens (including phenoxy) is 1. The minimum atomic E-state index is -0.710. The van der Waals surface area contributed by atoms with Gasteiger partial charge in [-0.05, 0) is 30.2 Å². The predicted molar refractivity (Wildman–Crippen MR) is 121 cm³/mol. The highest BCUT2D eigenvalue weighted by atomic mass is 32.1. The van der Waals surface area contributed by atoms with Crippen molar-refractivity contribution in [3.8, 4) is 6.07 Å². The second kappa shape index (κ2) is 10.1. The minimum absolute atomic E-state index is 0.0513. The molecule has 1 saturated heterocycles. The van der Waals surface area contributed by atoms with Crippen LogP contribution >= 0.6 is 11.3 Å². The average molecular weight is 441 g/mol. The zero-order chi connectivity index (χ0) is 22.4. The normalized spacial score (nSPS) is 16.8. The van der Waals surface area contributed by atoms with Crippen molar-refractivity contribution < 1.29 is 9.53 Å². The van der Waals surface area contributed by atoms with Crippen LogP contribution in [0.1, 0.15) is 32.8 Å². The number of morpholine rings is 1. The summed E-state index contributed by atoms with van der Waals surface area (Å²) in [6.45, 7) is 9.84. The number of hydrogen-bond donors (Lipinski definition) is 0. The van der Waals surface area contributed by atoms with E-state index in [1.807, 2.05) is 12.1 Å². The molecular weight excluding hydrogens is 412 g/mol. The molecule has 0 spiro atoms. The van der Waals surface area contributed by atoms with E-state index in [0.717, 1.165) is 44.8 Å². The molecule has 0 amide bonds. The van der Waals surface area contributed by atoms with Crippen molar-refractivity contribution in [2.75, 3.05) is 32.8 Å². The van der Waals surface area contributed by atoms with E-state index in [0.29, 0.717) is 15.7 Å². The van der Waals surface area contributed by atoms with Crippen molar-refractivity contribution >= 4 is 28.8 Å². The third kappa shape index (κ3) is 5.76. The number of rotatable bonds is 6. The summed E-state index contributed by atoms with van der Waals surface area (Å²) < 4.78 is 7.92. The van der Waals surface area contributed by atoms with Crippen LogP contribution < -0.4 is 14.8 Å². The number of ketones is 1. The first-order valence-electron chi connectivity index (χ1n) is 10.4. The van der Waals surface area contributed by atoms with Crippen LogP contribution in [0.5, 0.6) is 0 Å². The van der Waals surface area contributed by atoms with Crippen LogP contribution in [-0.2, 0) is 16.1 Å². The Kier molecular flexibility index (Phi) is 7.55. The summed E-state index contributed by atoms with van der Waals surface area (Å²) in [5, 5.41) is 9.80. The molecule has 0 unspecified atom stereocenters. The zero-order valence-electron chi connectivity index (χ0n) is 18.3. The van der Waals surface area contributed by atoms with Crippen LogP contribution in [0.25, 0.3) is 11.6 Å². The average Bonchev–Trinajstić information content (AvgIpc) is 3.05. The van der Waals surface area contributed by atoms with Gasteiger partial charge in [-0.1, -0.05) is 20.8 Å². The molecule has 0 aliphatic carbocycles. The van der Waals surface area contributed by atoms with Crippen molar-refractivity contribution in [2.24, 2.45) is 5.41 Å². The molecule has 1 fully saturated rings. The number of nitriles is 1. The predicted octanol–water partition coefficient (Wildman–Crippen LogP) is 1.15. The summed E-state index contributed by atoms with van der Waals surface area (Å²) in [5.74, 6) is -0.256. The SMILES string of the molecule is CC(C)(C)C(=O)/C(C#N)=c1\s/c(=C/c2ccncc2)c(=O)n1CCCN1CCOCC1. The summed E-state index contributed by atoms with van der Waals surface area (Å²) in [5.41, 5.74) is 0.0169. The molecule has 3 rings (SSSR count). The Balaban J connectivity index is 2.05. The second-order valence-corrected chi connectivity index (χ2v) is 9.56.